The lowest BCUT2D eigenvalue weighted by molar-refractivity contribution is -0.0243. The maximum absolute atomic E-state index is 15.9. The minimum atomic E-state index is -4.85. The molecule has 0 aliphatic carbocycles. The highest BCUT2D eigenvalue weighted by atomic mass is 31.2. The van der Waals surface area contributed by atoms with E-state index in [2.05, 4.69) is 40.1 Å². The highest BCUT2D eigenvalue weighted by Crippen LogP contribution is 2.50. The first kappa shape index (κ1) is 29.4. The molecule has 3 aliphatic rings. The van der Waals surface area contributed by atoms with Crippen LogP contribution in [0.2, 0.25) is 0 Å². The van der Waals surface area contributed by atoms with Gasteiger partial charge in [-0.05, 0) is 0 Å². The molecular formula is C20H24F2N12O8P2. The van der Waals surface area contributed by atoms with Crippen molar-refractivity contribution in [3.05, 3.63) is 25.3 Å². The minimum Gasteiger partial charge on any atom is -0.382 e. The van der Waals surface area contributed by atoms with E-state index < -0.39 is 77.8 Å². The molecule has 0 radical (unpaired) electrons. The molecule has 0 bridgehead atoms. The van der Waals surface area contributed by atoms with Crippen LogP contribution < -0.4 is 21.6 Å². The van der Waals surface area contributed by atoms with Gasteiger partial charge in [-0.25, -0.2) is 58.0 Å². The molecule has 3 saturated heterocycles. The van der Waals surface area contributed by atoms with Crippen LogP contribution in [0.4, 0.5) is 20.4 Å². The number of anilines is 2. The SMILES string of the molecule is Nc1ncnc2c1ncn2[C@@H]1O[C@@H]2CNP(=O)(O)O[C@@H]3[C@H](F)[C@H](n4cnc5c(N)ncnc54)O[C@@H]3CNP(=O)(O)O[C@@H]2[C@@H]1F. The molecule has 236 valence electrons. The lowest BCUT2D eigenvalue weighted by Crippen LogP contribution is -2.43. The van der Waals surface area contributed by atoms with E-state index in [0.717, 1.165) is 12.7 Å². The van der Waals surface area contributed by atoms with Gasteiger partial charge in [0, 0.05) is 13.1 Å². The van der Waals surface area contributed by atoms with Gasteiger partial charge in [0.05, 0.1) is 12.7 Å². The zero-order chi connectivity index (χ0) is 31.0. The zero-order valence-corrected chi connectivity index (χ0v) is 23.9. The van der Waals surface area contributed by atoms with Crippen molar-refractivity contribution in [2.75, 3.05) is 24.6 Å². The zero-order valence-electron chi connectivity index (χ0n) is 22.1. The standard InChI is InChI=1S/C20H24F2N12O8P2/c21-9-13-7(39-19(9)33-5-29-11-15(23)25-3-27-17(11)33)1-31-43(35,36)42-14-8(2-32-44(37,38)41-13)40-20(10(14)22)34-6-30-12-16(24)26-4-28-18(12)34/h3-10,13-14,19-20H,1-2H2,(H2,23,25,27)(H2,24,26,28)(H2,31,35,36)(H2,32,37,38)/t7-,8-,9+,10+,13+,14+,19-,20-/m1/s1. The molecule has 0 amide bonds. The number of ether oxygens (including phenoxy) is 2. The van der Waals surface area contributed by atoms with Gasteiger partial charge in [-0.2, -0.15) is 0 Å². The van der Waals surface area contributed by atoms with Gasteiger partial charge in [0.15, 0.2) is 47.7 Å². The summed E-state index contributed by atoms with van der Waals surface area (Å²) in [6.45, 7) is -1.25. The monoisotopic (exact) mass is 660 g/mol. The predicted octanol–water partition coefficient (Wildman–Crippen LogP) is -0.534. The van der Waals surface area contributed by atoms with Crippen LogP contribution in [0.3, 0.4) is 0 Å². The molecule has 20 nitrogen and oxygen atoms in total. The van der Waals surface area contributed by atoms with Crippen LogP contribution in [0.5, 0.6) is 0 Å². The summed E-state index contributed by atoms with van der Waals surface area (Å²) >= 11 is 0. The van der Waals surface area contributed by atoms with Gasteiger partial charge in [0.1, 0.15) is 48.1 Å². The van der Waals surface area contributed by atoms with Crippen molar-refractivity contribution >= 4 is 49.5 Å². The molecule has 24 heteroatoms. The number of nitrogen functional groups attached to an aromatic ring is 2. The summed E-state index contributed by atoms with van der Waals surface area (Å²) in [6.07, 6.45) is -8.96. The number of alkyl halides is 2. The van der Waals surface area contributed by atoms with Crippen molar-refractivity contribution < 1.29 is 46.2 Å². The fourth-order valence-corrected chi connectivity index (χ4v) is 7.48. The maximum Gasteiger partial charge on any atom is 0.403 e. The van der Waals surface area contributed by atoms with Crippen LogP contribution in [-0.2, 0) is 27.7 Å². The highest BCUT2D eigenvalue weighted by Gasteiger charge is 2.54. The van der Waals surface area contributed by atoms with Gasteiger partial charge in [0.2, 0.25) is 0 Å². The molecule has 3 fully saturated rings. The van der Waals surface area contributed by atoms with Crippen molar-refractivity contribution in [3.63, 3.8) is 0 Å². The average Bonchev–Trinajstić information content (AvgIpc) is 3.73. The second kappa shape index (κ2) is 10.7. The van der Waals surface area contributed by atoms with Crippen molar-refractivity contribution in [1.29, 1.82) is 0 Å². The van der Waals surface area contributed by atoms with Gasteiger partial charge in [-0.1, -0.05) is 0 Å². The first-order valence-corrected chi connectivity index (χ1v) is 16.1. The fourth-order valence-electron chi connectivity index (χ4n) is 5.34. The number of nitrogens with zero attached hydrogens (tertiary/aromatic N) is 8. The molecule has 4 aromatic rings. The number of rotatable bonds is 2. The number of imidazole rings is 2. The molecule has 8 N–H and O–H groups in total. The summed E-state index contributed by atoms with van der Waals surface area (Å²) in [4.78, 5) is 45.1. The second-order valence-corrected chi connectivity index (χ2v) is 13.2. The first-order chi connectivity index (χ1) is 20.9. The van der Waals surface area contributed by atoms with Crippen LogP contribution in [0.15, 0.2) is 25.3 Å². The Hall–Kier alpha value is -3.30. The summed E-state index contributed by atoms with van der Waals surface area (Å²) in [7, 11) is -9.69. The van der Waals surface area contributed by atoms with Crippen molar-refractivity contribution in [2.24, 2.45) is 0 Å². The Morgan fingerprint density at radius 1 is 0.750 bits per heavy atom. The van der Waals surface area contributed by atoms with E-state index in [1.165, 1.54) is 21.8 Å². The largest absolute Gasteiger partial charge is 0.403 e. The van der Waals surface area contributed by atoms with Gasteiger partial charge in [-0.3, -0.25) is 18.2 Å². The number of hydrogen-bond acceptors (Lipinski definition) is 14. The van der Waals surface area contributed by atoms with Gasteiger partial charge < -0.3 is 30.7 Å². The second-order valence-electron chi connectivity index (χ2n) is 10.1. The molecule has 0 saturated carbocycles. The topological polar surface area (TPSA) is 275 Å². The number of fused-ring (bicyclic) bond motifs is 4. The van der Waals surface area contributed by atoms with Gasteiger partial charge >= 0.3 is 15.5 Å². The molecule has 7 heterocycles. The van der Waals surface area contributed by atoms with Crippen molar-refractivity contribution in [3.8, 4) is 0 Å². The maximum atomic E-state index is 15.9. The number of halogens is 2. The van der Waals surface area contributed by atoms with E-state index in [9.17, 15) is 18.9 Å². The number of nitrogens with two attached hydrogens (primary N) is 2. The third-order valence-corrected chi connectivity index (χ3v) is 9.59. The van der Waals surface area contributed by atoms with E-state index in [-0.39, 0.29) is 34.0 Å². The van der Waals surface area contributed by atoms with Crippen LogP contribution in [0.1, 0.15) is 12.5 Å². The number of hydrogen-bond donors (Lipinski definition) is 6. The molecule has 3 aliphatic heterocycles. The highest BCUT2D eigenvalue weighted by molar-refractivity contribution is 7.50. The van der Waals surface area contributed by atoms with E-state index >= 15 is 8.78 Å². The van der Waals surface area contributed by atoms with E-state index in [4.69, 9.17) is 30.0 Å². The van der Waals surface area contributed by atoms with Gasteiger partial charge in [-0.15, -0.1) is 0 Å². The molecule has 0 aromatic carbocycles. The first-order valence-electron chi connectivity index (χ1n) is 12.9. The Balaban J connectivity index is 1.17. The Bertz CT molecular complexity index is 1700. The molecule has 10 atom stereocenters. The molecule has 4 aromatic heterocycles. The smallest absolute Gasteiger partial charge is 0.382 e. The van der Waals surface area contributed by atoms with Crippen molar-refractivity contribution in [2.45, 2.75) is 49.2 Å². The van der Waals surface area contributed by atoms with Crippen LogP contribution >= 0.6 is 15.5 Å². The van der Waals surface area contributed by atoms with E-state index in [1.54, 1.807) is 0 Å². The van der Waals surface area contributed by atoms with Crippen LogP contribution in [-0.4, -0.2) is 98.7 Å². The predicted molar refractivity (Wildman–Crippen MR) is 142 cm³/mol. The normalized spacial score (nSPS) is 38.3. The minimum absolute atomic E-state index is 0.0220. The van der Waals surface area contributed by atoms with Crippen LogP contribution in [0.25, 0.3) is 22.3 Å². The summed E-state index contributed by atoms with van der Waals surface area (Å²) in [5.74, 6) is 0.0441. The lowest BCUT2D eigenvalue weighted by atomic mass is 10.1. The van der Waals surface area contributed by atoms with Gasteiger partial charge in [0.25, 0.3) is 0 Å². The Labute approximate surface area is 244 Å². The Morgan fingerprint density at radius 3 is 1.57 bits per heavy atom. The Morgan fingerprint density at radius 2 is 1.16 bits per heavy atom. The quantitative estimate of drug-likeness (QED) is 0.147. The molecule has 2 unspecified atom stereocenters. The average molecular weight is 660 g/mol. The van der Waals surface area contributed by atoms with E-state index in [0.29, 0.717) is 0 Å². The molecule has 0 spiro atoms. The summed E-state index contributed by atoms with van der Waals surface area (Å²) in [5.41, 5.74) is 12.1. The summed E-state index contributed by atoms with van der Waals surface area (Å²) in [6, 6.07) is 0. The van der Waals surface area contributed by atoms with Crippen molar-refractivity contribution in [1.82, 2.24) is 49.2 Å². The lowest BCUT2D eigenvalue weighted by Gasteiger charge is -2.28. The molecule has 44 heavy (non-hydrogen) atoms. The molecular weight excluding hydrogens is 636 g/mol. The third-order valence-electron chi connectivity index (χ3n) is 7.37. The molecule has 7 rings (SSSR count). The number of aromatic nitrogens is 8. The third kappa shape index (κ3) is 5.02. The Kier molecular flexibility index (Phi) is 7.12. The van der Waals surface area contributed by atoms with Crippen LogP contribution in [0, 0.1) is 0 Å². The number of nitrogens with one attached hydrogen (secondary N) is 2. The summed E-state index contributed by atoms with van der Waals surface area (Å²) < 4.78 is 82.5. The fraction of sp³-hybridized carbons (Fsp3) is 0.500. The van der Waals surface area contributed by atoms with E-state index in [1.807, 2.05) is 0 Å². The summed E-state index contributed by atoms with van der Waals surface area (Å²) in [5, 5.41) is 4.41.